The van der Waals surface area contributed by atoms with Gasteiger partial charge in [-0.25, -0.2) is 0 Å². The van der Waals surface area contributed by atoms with Crippen molar-refractivity contribution in [3.63, 3.8) is 0 Å². The number of methoxy groups -OCH3 is 1. The van der Waals surface area contributed by atoms with Gasteiger partial charge in [-0.1, -0.05) is 25.1 Å². The lowest BCUT2D eigenvalue weighted by Crippen LogP contribution is -2.34. The highest BCUT2D eigenvalue weighted by Crippen LogP contribution is 2.21. The molecule has 2 aromatic rings. The van der Waals surface area contributed by atoms with E-state index in [9.17, 15) is 4.79 Å². The van der Waals surface area contributed by atoms with Gasteiger partial charge < -0.3 is 15.8 Å². The number of carbonyl (C=O) groups is 1. The minimum Gasteiger partial charge on any atom is -0.497 e. The van der Waals surface area contributed by atoms with Gasteiger partial charge in [-0.2, -0.15) is 0 Å². The average molecular weight is 286 g/mol. The van der Waals surface area contributed by atoms with Gasteiger partial charge in [0, 0.05) is 19.0 Å². The van der Waals surface area contributed by atoms with Crippen LogP contribution in [0.5, 0.6) is 5.75 Å². The number of benzene rings is 2. The van der Waals surface area contributed by atoms with Crippen molar-refractivity contribution in [3.05, 3.63) is 42.0 Å². The van der Waals surface area contributed by atoms with E-state index in [1.165, 1.54) is 0 Å². The first-order valence-electron chi connectivity index (χ1n) is 7.22. The summed E-state index contributed by atoms with van der Waals surface area (Å²) in [5.41, 5.74) is 6.66. The number of hydrogen-bond donors (Lipinski definition) is 2. The number of nitrogens with one attached hydrogen (secondary N) is 1. The van der Waals surface area contributed by atoms with Crippen LogP contribution in [0.15, 0.2) is 36.4 Å². The maximum Gasteiger partial charge on any atom is 0.224 e. The SMILES string of the molecule is CCC(CN)C(=O)NCc1ccc2cc(OC)ccc2c1. The molecule has 3 N–H and O–H groups in total. The predicted octanol–water partition coefficient (Wildman–Crippen LogP) is 2.45. The van der Waals surface area contributed by atoms with Crippen LogP contribution in [0, 0.1) is 5.92 Å². The van der Waals surface area contributed by atoms with Crippen LogP contribution in [-0.2, 0) is 11.3 Å². The van der Waals surface area contributed by atoms with Gasteiger partial charge in [0.1, 0.15) is 5.75 Å². The van der Waals surface area contributed by atoms with E-state index in [-0.39, 0.29) is 11.8 Å². The second-order valence-corrected chi connectivity index (χ2v) is 5.11. The van der Waals surface area contributed by atoms with Crippen molar-refractivity contribution in [1.82, 2.24) is 5.32 Å². The largest absolute Gasteiger partial charge is 0.497 e. The van der Waals surface area contributed by atoms with Crippen molar-refractivity contribution < 1.29 is 9.53 Å². The molecule has 0 saturated heterocycles. The van der Waals surface area contributed by atoms with Crippen LogP contribution in [0.2, 0.25) is 0 Å². The van der Waals surface area contributed by atoms with E-state index in [4.69, 9.17) is 10.5 Å². The van der Waals surface area contributed by atoms with E-state index in [1.54, 1.807) is 7.11 Å². The topological polar surface area (TPSA) is 64.4 Å². The van der Waals surface area contributed by atoms with Gasteiger partial charge in [-0.3, -0.25) is 4.79 Å². The van der Waals surface area contributed by atoms with Gasteiger partial charge in [0.2, 0.25) is 5.91 Å². The van der Waals surface area contributed by atoms with Gasteiger partial charge >= 0.3 is 0 Å². The molecule has 0 spiro atoms. The van der Waals surface area contributed by atoms with Crippen molar-refractivity contribution in [2.75, 3.05) is 13.7 Å². The van der Waals surface area contributed by atoms with Crippen LogP contribution in [-0.4, -0.2) is 19.6 Å². The monoisotopic (exact) mass is 286 g/mol. The highest BCUT2D eigenvalue weighted by Gasteiger charge is 2.13. The highest BCUT2D eigenvalue weighted by atomic mass is 16.5. The molecule has 0 bridgehead atoms. The summed E-state index contributed by atoms with van der Waals surface area (Å²) < 4.78 is 5.21. The van der Waals surface area contributed by atoms with Gasteiger partial charge in [-0.05, 0) is 41.0 Å². The quantitative estimate of drug-likeness (QED) is 0.857. The van der Waals surface area contributed by atoms with E-state index < -0.39 is 0 Å². The summed E-state index contributed by atoms with van der Waals surface area (Å²) in [7, 11) is 1.66. The van der Waals surface area contributed by atoms with E-state index in [1.807, 2.05) is 37.3 Å². The second-order valence-electron chi connectivity index (χ2n) is 5.11. The maximum absolute atomic E-state index is 11.9. The van der Waals surface area contributed by atoms with Crippen molar-refractivity contribution in [1.29, 1.82) is 0 Å². The first kappa shape index (κ1) is 15.3. The second kappa shape index (κ2) is 7.09. The summed E-state index contributed by atoms with van der Waals surface area (Å²) >= 11 is 0. The molecule has 4 nitrogen and oxygen atoms in total. The summed E-state index contributed by atoms with van der Waals surface area (Å²) in [5, 5.41) is 5.20. The Bertz CT molecular complexity index is 621. The van der Waals surface area contributed by atoms with Crippen LogP contribution in [0.25, 0.3) is 10.8 Å². The molecule has 1 amide bonds. The van der Waals surface area contributed by atoms with Gasteiger partial charge in [0.15, 0.2) is 0 Å². The van der Waals surface area contributed by atoms with Crippen LogP contribution in [0.1, 0.15) is 18.9 Å². The first-order chi connectivity index (χ1) is 10.2. The Morgan fingerprint density at radius 2 is 1.95 bits per heavy atom. The third-order valence-corrected chi connectivity index (χ3v) is 3.73. The Labute approximate surface area is 125 Å². The number of nitrogens with two attached hydrogens (primary N) is 1. The van der Waals surface area contributed by atoms with E-state index in [0.29, 0.717) is 13.1 Å². The fourth-order valence-corrected chi connectivity index (χ4v) is 2.30. The normalized spacial score (nSPS) is 12.1. The standard InChI is InChI=1S/C17H22N2O2/c1-3-13(10-18)17(20)19-11-12-4-5-15-9-16(21-2)7-6-14(15)8-12/h4-9,13H,3,10-11,18H2,1-2H3,(H,19,20). The zero-order chi connectivity index (χ0) is 15.2. The van der Waals surface area contributed by atoms with Crippen molar-refractivity contribution in [2.45, 2.75) is 19.9 Å². The van der Waals surface area contributed by atoms with Crippen LogP contribution in [0.3, 0.4) is 0 Å². The summed E-state index contributed by atoms with van der Waals surface area (Å²) in [6.07, 6.45) is 0.764. The summed E-state index contributed by atoms with van der Waals surface area (Å²) in [6, 6.07) is 12.1. The number of rotatable bonds is 6. The Balaban J connectivity index is 2.08. The van der Waals surface area contributed by atoms with Crippen molar-refractivity contribution in [3.8, 4) is 5.75 Å². The van der Waals surface area contributed by atoms with Gasteiger partial charge in [0.25, 0.3) is 0 Å². The van der Waals surface area contributed by atoms with Crippen LogP contribution >= 0.6 is 0 Å². The van der Waals surface area contributed by atoms with E-state index in [0.717, 1.165) is 28.5 Å². The molecule has 0 fully saturated rings. The number of carbonyl (C=O) groups excluding carboxylic acids is 1. The first-order valence-corrected chi connectivity index (χ1v) is 7.22. The maximum atomic E-state index is 11.9. The fourth-order valence-electron chi connectivity index (χ4n) is 2.30. The van der Waals surface area contributed by atoms with Crippen molar-refractivity contribution in [2.24, 2.45) is 11.7 Å². The molecule has 1 unspecified atom stereocenters. The lowest BCUT2D eigenvalue weighted by Gasteiger charge is -2.13. The predicted molar refractivity (Wildman–Crippen MR) is 85.2 cm³/mol. The number of amides is 1. The van der Waals surface area contributed by atoms with Crippen molar-refractivity contribution >= 4 is 16.7 Å². The molecule has 0 aliphatic heterocycles. The molecule has 4 heteroatoms. The molecule has 1 atom stereocenters. The van der Waals surface area contributed by atoms with E-state index >= 15 is 0 Å². The molecule has 2 aromatic carbocycles. The molecule has 0 radical (unpaired) electrons. The van der Waals surface area contributed by atoms with Crippen LogP contribution in [0.4, 0.5) is 0 Å². The lowest BCUT2D eigenvalue weighted by molar-refractivity contribution is -0.124. The van der Waals surface area contributed by atoms with E-state index in [2.05, 4.69) is 11.4 Å². The Morgan fingerprint density at radius 1 is 1.24 bits per heavy atom. The smallest absolute Gasteiger partial charge is 0.224 e. The van der Waals surface area contributed by atoms with Crippen LogP contribution < -0.4 is 15.8 Å². The molecular formula is C17H22N2O2. The molecule has 0 saturated carbocycles. The fraction of sp³-hybridized carbons (Fsp3) is 0.353. The average Bonchev–Trinajstić information content (AvgIpc) is 2.53. The molecule has 112 valence electrons. The summed E-state index contributed by atoms with van der Waals surface area (Å²) in [5.74, 6) is 0.766. The Hall–Kier alpha value is -2.07. The molecule has 0 aromatic heterocycles. The third kappa shape index (κ3) is 3.73. The minimum atomic E-state index is -0.102. The number of ether oxygens (including phenoxy) is 1. The summed E-state index contributed by atoms with van der Waals surface area (Å²) in [6.45, 7) is 2.89. The molecule has 0 aliphatic rings. The highest BCUT2D eigenvalue weighted by molar-refractivity contribution is 5.84. The molecule has 2 rings (SSSR count). The zero-order valence-electron chi connectivity index (χ0n) is 12.6. The lowest BCUT2D eigenvalue weighted by atomic mass is 10.0. The minimum absolute atomic E-state index is 0.0230. The van der Waals surface area contributed by atoms with Gasteiger partial charge in [0.05, 0.1) is 7.11 Å². The molecule has 0 aliphatic carbocycles. The molecule has 21 heavy (non-hydrogen) atoms. The molecular weight excluding hydrogens is 264 g/mol. The number of hydrogen-bond acceptors (Lipinski definition) is 3. The Morgan fingerprint density at radius 3 is 2.62 bits per heavy atom. The third-order valence-electron chi connectivity index (χ3n) is 3.73. The zero-order valence-corrected chi connectivity index (χ0v) is 12.6. The summed E-state index contributed by atoms with van der Waals surface area (Å²) in [4.78, 5) is 11.9. The van der Waals surface area contributed by atoms with Gasteiger partial charge in [-0.15, -0.1) is 0 Å². The Kier molecular flexibility index (Phi) is 5.17. The molecule has 0 heterocycles. The number of fused-ring (bicyclic) bond motifs is 1.